The summed E-state index contributed by atoms with van der Waals surface area (Å²) in [7, 11) is -5.88. The summed E-state index contributed by atoms with van der Waals surface area (Å²) in [5.74, 6) is 0.392. The Kier molecular flexibility index (Phi) is 10.7. The minimum absolute atomic E-state index is 0.0730. The highest BCUT2D eigenvalue weighted by molar-refractivity contribution is 6.68. The van der Waals surface area contributed by atoms with Crippen molar-refractivity contribution in [2.45, 2.75) is 84.6 Å². The zero-order valence-electron chi connectivity index (χ0n) is 19.2. The zero-order chi connectivity index (χ0) is 21.3. The predicted molar refractivity (Wildman–Crippen MR) is 116 cm³/mol. The Hall–Kier alpha value is 0.154. The van der Waals surface area contributed by atoms with Crippen LogP contribution in [0.3, 0.4) is 0 Å². The Bertz CT molecular complexity index is 434. The second kappa shape index (κ2) is 12.3. The molecular weight excluding hydrogens is 408 g/mol. The van der Waals surface area contributed by atoms with E-state index >= 15 is 0 Å². The lowest BCUT2D eigenvalue weighted by Crippen LogP contribution is -2.57. The third kappa shape index (κ3) is 6.57. The van der Waals surface area contributed by atoms with Gasteiger partial charge in [0.25, 0.3) is 0 Å². The molecule has 7 nitrogen and oxygen atoms in total. The highest BCUT2D eigenvalue weighted by atomic mass is 28.4. The standard InChI is InChI=1S/C20H42O7Si2/c1-7-21-28(22-8-2,23-9-3)16-20(17-13-14-18-19(15-17)27-18)29(24-10-4,25-11-5)26-12-6/h17-20H,7-16H2,1-6H3. The lowest BCUT2D eigenvalue weighted by atomic mass is 9.87. The van der Waals surface area contributed by atoms with Gasteiger partial charge in [-0.1, -0.05) is 0 Å². The second-order valence-corrected chi connectivity index (χ2v) is 12.9. The Morgan fingerprint density at radius 2 is 1.17 bits per heavy atom. The molecule has 0 aromatic heterocycles. The van der Waals surface area contributed by atoms with E-state index in [2.05, 4.69) is 0 Å². The molecule has 1 saturated heterocycles. The summed E-state index contributed by atoms with van der Waals surface area (Å²) in [5, 5.41) is 0. The smallest absolute Gasteiger partial charge is 0.374 e. The average molecular weight is 451 g/mol. The molecule has 9 heteroatoms. The van der Waals surface area contributed by atoms with Crippen molar-refractivity contribution >= 4 is 17.6 Å². The Labute approximate surface area is 179 Å². The normalized spacial score (nSPS) is 25.7. The number of ether oxygens (including phenoxy) is 1. The van der Waals surface area contributed by atoms with Crippen molar-refractivity contribution in [1.82, 2.24) is 0 Å². The molecule has 4 atom stereocenters. The second-order valence-electron chi connectivity index (χ2n) is 7.48. The first-order valence-corrected chi connectivity index (χ1v) is 15.3. The summed E-state index contributed by atoms with van der Waals surface area (Å²) >= 11 is 0. The SMILES string of the molecule is CCO[Si](CC(C1CCC2OC2C1)[Si](OCC)(OCC)OCC)(OCC)OCC. The summed E-state index contributed by atoms with van der Waals surface area (Å²) < 4.78 is 43.6. The zero-order valence-corrected chi connectivity index (χ0v) is 21.2. The van der Waals surface area contributed by atoms with Gasteiger partial charge in [-0.25, -0.2) is 0 Å². The first-order chi connectivity index (χ1) is 14.0. The van der Waals surface area contributed by atoms with Gasteiger partial charge in [-0.3, -0.25) is 0 Å². The van der Waals surface area contributed by atoms with E-state index in [1.54, 1.807) is 0 Å². The molecule has 0 bridgehead atoms. The van der Waals surface area contributed by atoms with E-state index < -0.39 is 17.6 Å². The predicted octanol–water partition coefficient (Wildman–Crippen LogP) is 4.02. The molecule has 29 heavy (non-hydrogen) atoms. The number of fused-ring (bicyclic) bond motifs is 1. The van der Waals surface area contributed by atoms with Gasteiger partial charge in [0.15, 0.2) is 0 Å². The minimum atomic E-state index is -2.98. The van der Waals surface area contributed by atoms with Gasteiger partial charge in [0.1, 0.15) is 0 Å². The number of rotatable bonds is 16. The van der Waals surface area contributed by atoms with E-state index in [-0.39, 0.29) is 5.54 Å². The van der Waals surface area contributed by atoms with Crippen molar-refractivity contribution in [2.24, 2.45) is 5.92 Å². The van der Waals surface area contributed by atoms with Crippen LogP contribution in [0.1, 0.15) is 60.8 Å². The first-order valence-electron chi connectivity index (χ1n) is 11.5. The van der Waals surface area contributed by atoms with Gasteiger partial charge in [0.2, 0.25) is 0 Å². The maximum absolute atomic E-state index is 6.36. The van der Waals surface area contributed by atoms with Crippen molar-refractivity contribution in [3.63, 3.8) is 0 Å². The maximum Gasteiger partial charge on any atom is 0.504 e. The summed E-state index contributed by atoms with van der Waals surface area (Å²) in [6, 6.07) is 0.663. The van der Waals surface area contributed by atoms with Crippen LogP contribution in [0.5, 0.6) is 0 Å². The van der Waals surface area contributed by atoms with Crippen LogP contribution in [-0.2, 0) is 31.3 Å². The van der Waals surface area contributed by atoms with Crippen LogP contribution < -0.4 is 0 Å². The van der Waals surface area contributed by atoms with Crippen LogP contribution in [0, 0.1) is 5.92 Å². The van der Waals surface area contributed by atoms with Crippen LogP contribution in [0.25, 0.3) is 0 Å². The van der Waals surface area contributed by atoms with Crippen molar-refractivity contribution in [2.75, 3.05) is 39.6 Å². The summed E-state index contributed by atoms with van der Waals surface area (Å²) in [4.78, 5) is 0. The van der Waals surface area contributed by atoms with Gasteiger partial charge < -0.3 is 31.3 Å². The molecule has 0 N–H and O–H groups in total. The minimum Gasteiger partial charge on any atom is -0.374 e. The highest BCUT2D eigenvalue weighted by Crippen LogP contribution is 2.50. The Balaban J connectivity index is 2.39. The van der Waals surface area contributed by atoms with Crippen LogP contribution in [-0.4, -0.2) is 69.5 Å². The fourth-order valence-electron chi connectivity index (χ4n) is 4.66. The molecule has 1 aliphatic heterocycles. The van der Waals surface area contributed by atoms with E-state index in [4.69, 9.17) is 31.3 Å². The van der Waals surface area contributed by atoms with Gasteiger partial charge in [-0.15, -0.1) is 0 Å². The van der Waals surface area contributed by atoms with Crippen molar-refractivity contribution in [3.05, 3.63) is 0 Å². The number of epoxide rings is 1. The molecule has 0 aromatic carbocycles. The van der Waals surface area contributed by atoms with Gasteiger partial charge in [0, 0.05) is 51.2 Å². The van der Waals surface area contributed by atoms with E-state index in [1.807, 2.05) is 41.5 Å². The van der Waals surface area contributed by atoms with E-state index in [0.29, 0.717) is 63.8 Å². The highest BCUT2D eigenvalue weighted by Gasteiger charge is 2.60. The average Bonchev–Trinajstić information content (AvgIpc) is 3.46. The monoisotopic (exact) mass is 450 g/mol. The summed E-state index contributed by atoms with van der Waals surface area (Å²) in [5.41, 5.74) is 0.0730. The van der Waals surface area contributed by atoms with Crippen LogP contribution in [0.4, 0.5) is 0 Å². The van der Waals surface area contributed by atoms with Crippen molar-refractivity contribution in [3.8, 4) is 0 Å². The molecule has 0 aromatic rings. The fourth-order valence-corrected chi connectivity index (χ4v) is 12.2. The topological polar surface area (TPSA) is 67.9 Å². The summed E-state index contributed by atoms with van der Waals surface area (Å²) in [6.45, 7) is 15.4. The quantitative estimate of drug-likeness (QED) is 0.260. The molecule has 1 aliphatic carbocycles. The lowest BCUT2D eigenvalue weighted by molar-refractivity contribution is 0.0395. The largest absolute Gasteiger partial charge is 0.504 e. The van der Waals surface area contributed by atoms with Gasteiger partial charge >= 0.3 is 17.6 Å². The molecular formula is C20H42O7Si2. The molecule has 2 fully saturated rings. The molecule has 1 heterocycles. The van der Waals surface area contributed by atoms with Crippen molar-refractivity contribution < 1.29 is 31.3 Å². The third-order valence-corrected chi connectivity index (χ3v) is 12.9. The van der Waals surface area contributed by atoms with Crippen LogP contribution in [0.2, 0.25) is 11.6 Å². The van der Waals surface area contributed by atoms with Gasteiger partial charge in [-0.2, -0.15) is 0 Å². The fraction of sp³-hybridized carbons (Fsp3) is 1.00. The molecule has 0 amide bonds. The molecule has 172 valence electrons. The molecule has 2 rings (SSSR count). The van der Waals surface area contributed by atoms with Gasteiger partial charge in [0.05, 0.1) is 12.2 Å². The molecule has 0 spiro atoms. The Morgan fingerprint density at radius 3 is 1.59 bits per heavy atom. The number of hydrogen-bond donors (Lipinski definition) is 0. The summed E-state index contributed by atoms with van der Waals surface area (Å²) in [6.07, 6.45) is 4.01. The lowest BCUT2D eigenvalue weighted by Gasteiger charge is -2.42. The third-order valence-electron chi connectivity index (χ3n) is 5.67. The Morgan fingerprint density at radius 1 is 0.690 bits per heavy atom. The molecule has 2 aliphatic rings. The van der Waals surface area contributed by atoms with Gasteiger partial charge in [-0.05, 0) is 66.7 Å². The van der Waals surface area contributed by atoms with E-state index in [9.17, 15) is 0 Å². The number of hydrogen-bond acceptors (Lipinski definition) is 7. The van der Waals surface area contributed by atoms with Crippen molar-refractivity contribution in [1.29, 1.82) is 0 Å². The molecule has 4 unspecified atom stereocenters. The molecule has 0 radical (unpaired) electrons. The van der Waals surface area contributed by atoms with E-state index in [1.165, 1.54) is 0 Å². The van der Waals surface area contributed by atoms with Crippen LogP contribution >= 0.6 is 0 Å². The maximum atomic E-state index is 6.36. The molecule has 1 saturated carbocycles. The van der Waals surface area contributed by atoms with Crippen LogP contribution in [0.15, 0.2) is 0 Å². The van der Waals surface area contributed by atoms with E-state index in [0.717, 1.165) is 19.3 Å². The first kappa shape index (κ1) is 25.4.